The molecule has 1 N–H and O–H groups in total. The smallest absolute Gasteiger partial charge is 0.309 e. The second kappa shape index (κ2) is 9.91. The number of likely N-dealkylation sites (tertiary alicyclic amines) is 2. The predicted octanol–water partition coefficient (Wildman–Crippen LogP) is 6.28. The van der Waals surface area contributed by atoms with Crippen molar-refractivity contribution in [2.24, 2.45) is 10.6 Å². The van der Waals surface area contributed by atoms with Gasteiger partial charge in [0.1, 0.15) is 11.7 Å². The fraction of sp³-hybridized carbons (Fsp3) is 0.500. The Balaban J connectivity index is 1.18. The Morgan fingerprint density at radius 2 is 1.95 bits per heavy atom. The van der Waals surface area contributed by atoms with E-state index in [1.54, 1.807) is 0 Å². The van der Waals surface area contributed by atoms with Gasteiger partial charge in [0.15, 0.2) is 5.60 Å². The largest absolute Gasteiger partial charge is 0.481 e. The first kappa shape index (κ1) is 26.8. The van der Waals surface area contributed by atoms with Gasteiger partial charge in [-0.05, 0) is 74.9 Å². The van der Waals surface area contributed by atoms with E-state index in [2.05, 4.69) is 64.7 Å². The van der Waals surface area contributed by atoms with Crippen LogP contribution in [0, 0.1) is 11.2 Å². The minimum absolute atomic E-state index is 0.163. The van der Waals surface area contributed by atoms with E-state index in [1.165, 1.54) is 28.6 Å². The molecule has 3 aliphatic heterocycles. The van der Waals surface area contributed by atoms with Crippen LogP contribution in [0.25, 0.3) is 22.0 Å². The number of oxime groups is 1. The van der Waals surface area contributed by atoms with Gasteiger partial charge in [-0.25, -0.2) is 4.39 Å². The van der Waals surface area contributed by atoms with E-state index in [0.29, 0.717) is 25.4 Å². The van der Waals surface area contributed by atoms with Gasteiger partial charge in [-0.3, -0.25) is 9.69 Å². The van der Waals surface area contributed by atoms with Crippen molar-refractivity contribution in [3.63, 3.8) is 0 Å². The van der Waals surface area contributed by atoms with Crippen LogP contribution in [0.3, 0.4) is 0 Å². The lowest BCUT2D eigenvalue weighted by atomic mass is 9.76. The molecule has 4 heterocycles. The Labute approximate surface area is 235 Å². The lowest BCUT2D eigenvalue weighted by molar-refractivity contribution is -0.151. The van der Waals surface area contributed by atoms with Gasteiger partial charge in [0, 0.05) is 55.4 Å². The van der Waals surface area contributed by atoms with Gasteiger partial charge < -0.3 is 19.4 Å². The Morgan fingerprint density at radius 1 is 1.20 bits per heavy atom. The summed E-state index contributed by atoms with van der Waals surface area (Å²) in [6, 6.07) is 13.6. The number of rotatable bonds is 6. The highest BCUT2D eigenvalue weighted by atomic mass is 19.1. The van der Waals surface area contributed by atoms with Crippen LogP contribution in [0.1, 0.15) is 65.0 Å². The van der Waals surface area contributed by atoms with Gasteiger partial charge in [-0.2, -0.15) is 0 Å². The number of carboxylic acid groups (broad SMARTS) is 1. The third kappa shape index (κ3) is 4.56. The molecule has 2 saturated heterocycles. The zero-order valence-corrected chi connectivity index (χ0v) is 23.9. The first-order valence-electron chi connectivity index (χ1n) is 14.5. The summed E-state index contributed by atoms with van der Waals surface area (Å²) >= 11 is 0. The summed E-state index contributed by atoms with van der Waals surface area (Å²) < 4.78 is 16.0. The van der Waals surface area contributed by atoms with E-state index in [9.17, 15) is 14.3 Å². The molecule has 3 aromatic rings. The SMILES string of the molecule is CCC1CC(C)(C(=O)O)CCN1C1=NOC2(C1)CN(Cc1cn(C(C)C)c3cccc(-c4ccc(F)cc4)c13)C2. The molecule has 2 fully saturated rings. The summed E-state index contributed by atoms with van der Waals surface area (Å²) in [6.07, 6.45) is 5.17. The van der Waals surface area contributed by atoms with Crippen LogP contribution in [0.2, 0.25) is 0 Å². The van der Waals surface area contributed by atoms with Crippen molar-refractivity contribution in [2.45, 2.75) is 77.6 Å². The van der Waals surface area contributed by atoms with Crippen LogP contribution >= 0.6 is 0 Å². The number of benzene rings is 2. The molecule has 7 nitrogen and oxygen atoms in total. The summed E-state index contributed by atoms with van der Waals surface area (Å²) in [6.45, 7) is 11.5. The molecule has 0 aliphatic carbocycles. The van der Waals surface area contributed by atoms with Gasteiger partial charge in [-0.1, -0.05) is 36.3 Å². The molecule has 0 radical (unpaired) electrons. The van der Waals surface area contributed by atoms with Crippen LogP contribution in [0.5, 0.6) is 0 Å². The fourth-order valence-electron chi connectivity index (χ4n) is 6.94. The Bertz CT molecular complexity index is 1460. The molecule has 1 aromatic heterocycles. The summed E-state index contributed by atoms with van der Waals surface area (Å²) in [5.74, 6) is 0.0299. The molecular weight excluding hydrogens is 507 g/mol. The number of amidine groups is 1. The monoisotopic (exact) mass is 546 g/mol. The standard InChI is InChI=1S/C32H39FN4O3/c1-5-25-15-31(4,30(38)39)13-14-36(25)28-16-32(40-34-28)19-35(20-32)17-23-18-37(21(2)3)27-8-6-7-26(29(23)27)22-9-11-24(33)12-10-22/h6-12,18,21,25H,5,13-17,19-20H2,1-4H3,(H,38,39). The fourth-order valence-corrected chi connectivity index (χ4v) is 6.94. The molecular formula is C32H39FN4O3. The molecule has 8 heteroatoms. The number of hydrogen-bond donors (Lipinski definition) is 1. The average molecular weight is 547 g/mol. The number of fused-ring (bicyclic) bond motifs is 1. The average Bonchev–Trinajstić information content (AvgIpc) is 3.52. The number of nitrogens with zero attached hydrogens (tertiary/aromatic N) is 4. The first-order valence-corrected chi connectivity index (χ1v) is 14.5. The Hall–Kier alpha value is -3.39. The maximum atomic E-state index is 13.7. The van der Waals surface area contributed by atoms with Gasteiger partial charge in [-0.15, -0.1) is 0 Å². The minimum atomic E-state index is -0.706. The molecule has 0 bridgehead atoms. The highest BCUT2D eigenvalue weighted by molar-refractivity contribution is 5.98. The van der Waals surface area contributed by atoms with Crippen LogP contribution in [0.4, 0.5) is 4.39 Å². The molecule has 6 rings (SSSR count). The summed E-state index contributed by atoms with van der Waals surface area (Å²) in [5.41, 5.74) is 3.59. The van der Waals surface area contributed by atoms with Crippen molar-refractivity contribution >= 4 is 22.7 Å². The van der Waals surface area contributed by atoms with Gasteiger partial charge >= 0.3 is 5.97 Å². The summed E-state index contributed by atoms with van der Waals surface area (Å²) in [4.78, 5) is 22.6. The van der Waals surface area contributed by atoms with E-state index in [0.717, 1.165) is 49.4 Å². The molecule has 1 spiro atoms. The number of carboxylic acids is 1. The van der Waals surface area contributed by atoms with Crippen LogP contribution in [-0.2, 0) is 16.2 Å². The number of aromatic nitrogens is 1. The second-order valence-corrected chi connectivity index (χ2v) is 12.5. The molecule has 3 aliphatic rings. The van der Waals surface area contributed by atoms with E-state index in [1.807, 2.05) is 19.1 Å². The number of halogens is 1. The van der Waals surface area contributed by atoms with E-state index in [4.69, 9.17) is 4.84 Å². The van der Waals surface area contributed by atoms with Crippen molar-refractivity contribution < 1.29 is 19.1 Å². The Morgan fingerprint density at radius 3 is 2.62 bits per heavy atom. The number of hydrogen-bond acceptors (Lipinski definition) is 5. The number of carbonyl (C=O) groups is 1. The Kier molecular flexibility index (Phi) is 6.64. The normalized spacial score (nSPS) is 24.4. The lowest BCUT2D eigenvalue weighted by Gasteiger charge is -2.46. The lowest BCUT2D eigenvalue weighted by Crippen LogP contribution is -2.62. The topological polar surface area (TPSA) is 70.3 Å². The molecule has 2 aromatic carbocycles. The van der Waals surface area contributed by atoms with E-state index < -0.39 is 11.4 Å². The molecule has 2 atom stereocenters. The van der Waals surface area contributed by atoms with E-state index in [-0.39, 0.29) is 17.5 Å². The maximum Gasteiger partial charge on any atom is 0.309 e. The quantitative estimate of drug-likeness (QED) is 0.394. The van der Waals surface area contributed by atoms with Crippen molar-refractivity contribution in [1.82, 2.24) is 14.4 Å². The molecule has 2 unspecified atom stereocenters. The minimum Gasteiger partial charge on any atom is -0.481 e. The van der Waals surface area contributed by atoms with Crippen molar-refractivity contribution in [3.8, 4) is 11.1 Å². The zero-order chi connectivity index (χ0) is 28.2. The van der Waals surface area contributed by atoms with Gasteiger partial charge in [0.25, 0.3) is 0 Å². The van der Waals surface area contributed by atoms with Crippen molar-refractivity contribution in [3.05, 3.63) is 60.0 Å². The highest BCUT2D eigenvalue weighted by Gasteiger charge is 2.52. The summed E-state index contributed by atoms with van der Waals surface area (Å²) in [7, 11) is 0. The summed E-state index contributed by atoms with van der Waals surface area (Å²) in [5, 5.41) is 15.5. The second-order valence-electron chi connectivity index (χ2n) is 12.5. The van der Waals surface area contributed by atoms with Crippen molar-refractivity contribution in [1.29, 1.82) is 0 Å². The molecule has 0 amide bonds. The van der Waals surface area contributed by atoms with Crippen LogP contribution < -0.4 is 0 Å². The van der Waals surface area contributed by atoms with Crippen LogP contribution in [-0.4, -0.2) is 62.6 Å². The number of aliphatic carboxylic acids is 1. The van der Waals surface area contributed by atoms with Crippen LogP contribution in [0.15, 0.2) is 53.8 Å². The van der Waals surface area contributed by atoms with Gasteiger partial charge in [0.2, 0.25) is 0 Å². The third-order valence-electron chi connectivity index (χ3n) is 9.24. The van der Waals surface area contributed by atoms with E-state index >= 15 is 0 Å². The highest BCUT2D eigenvalue weighted by Crippen LogP contribution is 2.42. The first-order chi connectivity index (χ1) is 19.1. The third-order valence-corrected chi connectivity index (χ3v) is 9.24. The molecule has 0 saturated carbocycles. The van der Waals surface area contributed by atoms with Crippen molar-refractivity contribution in [2.75, 3.05) is 19.6 Å². The molecule has 40 heavy (non-hydrogen) atoms. The number of piperidine rings is 1. The van der Waals surface area contributed by atoms with Gasteiger partial charge in [0.05, 0.1) is 11.8 Å². The maximum absolute atomic E-state index is 13.7. The predicted molar refractivity (Wildman–Crippen MR) is 155 cm³/mol. The molecule has 212 valence electrons. The zero-order valence-electron chi connectivity index (χ0n) is 23.9.